The molecule has 3 rings (SSSR count). The van der Waals surface area contributed by atoms with Gasteiger partial charge in [0.2, 0.25) is 17.7 Å². The third-order valence-electron chi connectivity index (χ3n) is 5.45. The average Bonchev–Trinajstić information content (AvgIpc) is 2.72. The van der Waals surface area contributed by atoms with Crippen LogP contribution in [0.5, 0.6) is 0 Å². The summed E-state index contributed by atoms with van der Waals surface area (Å²) in [6.45, 7) is 5.73. The van der Waals surface area contributed by atoms with E-state index in [9.17, 15) is 14.4 Å². The topological polar surface area (TPSA) is 57.7 Å². The Morgan fingerprint density at radius 1 is 1.00 bits per heavy atom. The molecule has 3 fully saturated rings. The molecule has 1 aliphatic carbocycles. The summed E-state index contributed by atoms with van der Waals surface area (Å²) in [6.07, 6.45) is 4.77. The van der Waals surface area contributed by atoms with Crippen molar-refractivity contribution in [3.8, 4) is 0 Å². The van der Waals surface area contributed by atoms with Gasteiger partial charge in [0.15, 0.2) is 0 Å². The van der Waals surface area contributed by atoms with Gasteiger partial charge in [-0.05, 0) is 31.1 Å². The second kappa shape index (κ2) is 6.01. The second-order valence-electron chi connectivity index (χ2n) is 7.50. The Morgan fingerprint density at radius 3 is 2.00 bits per heavy atom. The molecular formula is C17H26N2O3. The number of carbonyl (C=O) groups is 3. The van der Waals surface area contributed by atoms with E-state index in [0.29, 0.717) is 11.8 Å². The maximum absolute atomic E-state index is 12.5. The van der Waals surface area contributed by atoms with E-state index in [1.165, 1.54) is 4.90 Å². The van der Waals surface area contributed by atoms with Crippen LogP contribution in [0.1, 0.15) is 46.0 Å². The first-order chi connectivity index (χ1) is 10.5. The van der Waals surface area contributed by atoms with Gasteiger partial charge in [-0.25, -0.2) is 0 Å². The molecule has 122 valence electrons. The molecule has 0 radical (unpaired) electrons. The lowest BCUT2D eigenvalue weighted by Crippen LogP contribution is -2.48. The number of likely N-dealkylation sites (tertiary alicyclic amines) is 2. The van der Waals surface area contributed by atoms with Gasteiger partial charge in [0.05, 0.1) is 11.8 Å². The first-order valence-corrected chi connectivity index (χ1v) is 8.60. The van der Waals surface area contributed by atoms with Crippen LogP contribution in [0.4, 0.5) is 0 Å². The fourth-order valence-electron chi connectivity index (χ4n) is 4.49. The van der Waals surface area contributed by atoms with E-state index in [-0.39, 0.29) is 36.1 Å². The Hall–Kier alpha value is -1.39. The highest BCUT2D eigenvalue weighted by Crippen LogP contribution is 2.38. The van der Waals surface area contributed by atoms with E-state index in [1.54, 1.807) is 0 Å². The van der Waals surface area contributed by atoms with Gasteiger partial charge in [0, 0.05) is 13.1 Å². The number of piperidine rings is 1. The number of nitrogens with zero attached hydrogens (tertiary/aromatic N) is 2. The molecule has 3 amide bonds. The molecule has 0 bridgehead atoms. The number of imide groups is 1. The van der Waals surface area contributed by atoms with Crippen LogP contribution in [0.2, 0.25) is 0 Å². The van der Waals surface area contributed by atoms with Crippen molar-refractivity contribution < 1.29 is 14.4 Å². The van der Waals surface area contributed by atoms with Gasteiger partial charge in [-0.15, -0.1) is 0 Å². The summed E-state index contributed by atoms with van der Waals surface area (Å²) >= 11 is 0. The molecule has 22 heavy (non-hydrogen) atoms. The van der Waals surface area contributed by atoms with E-state index in [2.05, 4.69) is 13.8 Å². The summed E-state index contributed by atoms with van der Waals surface area (Å²) < 4.78 is 0. The number of fused-ring (bicyclic) bond motifs is 1. The third kappa shape index (κ3) is 2.77. The molecule has 2 saturated heterocycles. The van der Waals surface area contributed by atoms with Crippen molar-refractivity contribution in [1.82, 2.24) is 9.80 Å². The smallest absolute Gasteiger partial charge is 0.242 e. The van der Waals surface area contributed by atoms with E-state index < -0.39 is 0 Å². The van der Waals surface area contributed by atoms with Gasteiger partial charge >= 0.3 is 0 Å². The highest BCUT2D eigenvalue weighted by molar-refractivity contribution is 6.07. The normalized spacial score (nSPS) is 35.7. The van der Waals surface area contributed by atoms with Crippen molar-refractivity contribution in [3.05, 3.63) is 0 Å². The summed E-state index contributed by atoms with van der Waals surface area (Å²) in [7, 11) is 0. The van der Waals surface area contributed by atoms with Crippen LogP contribution in [0.25, 0.3) is 0 Å². The molecule has 1 saturated carbocycles. The highest BCUT2D eigenvalue weighted by Gasteiger charge is 2.48. The lowest BCUT2D eigenvalue weighted by Gasteiger charge is -2.35. The Labute approximate surface area is 132 Å². The zero-order chi connectivity index (χ0) is 15.9. The molecule has 5 heteroatoms. The molecular weight excluding hydrogens is 280 g/mol. The Kier molecular flexibility index (Phi) is 4.24. The molecule has 2 heterocycles. The average molecular weight is 306 g/mol. The van der Waals surface area contributed by atoms with Gasteiger partial charge in [0.25, 0.3) is 0 Å². The third-order valence-corrected chi connectivity index (χ3v) is 5.45. The minimum Gasteiger partial charge on any atom is -0.341 e. The monoisotopic (exact) mass is 306 g/mol. The highest BCUT2D eigenvalue weighted by atomic mass is 16.2. The van der Waals surface area contributed by atoms with Crippen LogP contribution in [0.15, 0.2) is 0 Å². The van der Waals surface area contributed by atoms with Gasteiger partial charge in [-0.3, -0.25) is 19.3 Å². The largest absolute Gasteiger partial charge is 0.341 e. The molecule has 4 atom stereocenters. The zero-order valence-corrected chi connectivity index (χ0v) is 13.6. The standard InChI is InChI=1S/C17H26N2O3/c1-11-7-12(2)9-18(8-11)15(20)10-19-16(21)13-5-3-4-6-14(13)17(19)22/h11-14H,3-10H2,1-2H3. The lowest BCUT2D eigenvalue weighted by atomic mass is 9.81. The van der Waals surface area contributed by atoms with Crippen LogP contribution >= 0.6 is 0 Å². The predicted octanol–water partition coefficient (Wildman–Crippen LogP) is 1.67. The quantitative estimate of drug-likeness (QED) is 0.729. The maximum atomic E-state index is 12.5. The van der Waals surface area contributed by atoms with Gasteiger partial charge in [0.1, 0.15) is 6.54 Å². The number of rotatable bonds is 2. The fourth-order valence-corrected chi connectivity index (χ4v) is 4.49. The van der Waals surface area contributed by atoms with E-state index in [1.807, 2.05) is 4.90 Å². The molecule has 0 aromatic heterocycles. The van der Waals surface area contributed by atoms with Crippen molar-refractivity contribution in [1.29, 1.82) is 0 Å². The summed E-state index contributed by atoms with van der Waals surface area (Å²) in [6, 6.07) is 0. The Bertz CT molecular complexity index is 456. The molecule has 0 aromatic rings. The van der Waals surface area contributed by atoms with E-state index in [4.69, 9.17) is 0 Å². The Balaban J connectivity index is 1.66. The van der Waals surface area contributed by atoms with Crippen molar-refractivity contribution in [3.63, 3.8) is 0 Å². The van der Waals surface area contributed by atoms with Crippen molar-refractivity contribution in [2.45, 2.75) is 46.0 Å². The van der Waals surface area contributed by atoms with Crippen LogP contribution in [0.3, 0.4) is 0 Å². The van der Waals surface area contributed by atoms with Gasteiger partial charge in [-0.1, -0.05) is 26.7 Å². The van der Waals surface area contributed by atoms with Crippen LogP contribution < -0.4 is 0 Å². The number of amides is 3. The van der Waals surface area contributed by atoms with Crippen molar-refractivity contribution in [2.75, 3.05) is 19.6 Å². The minimum absolute atomic E-state index is 0.0515. The number of carbonyl (C=O) groups excluding carboxylic acids is 3. The first-order valence-electron chi connectivity index (χ1n) is 8.60. The van der Waals surface area contributed by atoms with Crippen molar-refractivity contribution >= 4 is 17.7 Å². The van der Waals surface area contributed by atoms with Crippen LogP contribution in [-0.4, -0.2) is 47.2 Å². The molecule has 0 aromatic carbocycles. The van der Waals surface area contributed by atoms with E-state index in [0.717, 1.165) is 45.2 Å². The molecule has 4 unspecified atom stereocenters. The summed E-state index contributed by atoms with van der Waals surface area (Å²) in [5.74, 6) is 0.364. The number of hydrogen-bond acceptors (Lipinski definition) is 3. The second-order valence-corrected chi connectivity index (χ2v) is 7.50. The predicted molar refractivity (Wildman–Crippen MR) is 81.7 cm³/mol. The minimum atomic E-state index is -0.159. The molecule has 2 aliphatic heterocycles. The molecule has 0 N–H and O–H groups in total. The summed E-state index contributed by atoms with van der Waals surface area (Å²) in [5.41, 5.74) is 0. The zero-order valence-electron chi connectivity index (χ0n) is 13.6. The first kappa shape index (κ1) is 15.5. The summed E-state index contributed by atoms with van der Waals surface area (Å²) in [5, 5.41) is 0. The maximum Gasteiger partial charge on any atom is 0.242 e. The van der Waals surface area contributed by atoms with E-state index >= 15 is 0 Å². The number of hydrogen-bond donors (Lipinski definition) is 0. The fraction of sp³-hybridized carbons (Fsp3) is 0.824. The summed E-state index contributed by atoms with van der Waals surface area (Å²) in [4.78, 5) is 40.5. The molecule has 0 spiro atoms. The lowest BCUT2D eigenvalue weighted by molar-refractivity contribution is -0.147. The van der Waals surface area contributed by atoms with Crippen LogP contribution in [0, 0.1) is 23.7 Å². The molecule has 5 nitrogen and oxygen atoms in total. The Morgan fingerprint density at radius 2 is 1.50 bits per heavy atom. The van der Waals surface area contributed by atoms with Crippen molar-refractivity contribution in [2.24, 2.45) is 23.7 Å². The van der Waals surface area contributed by atoms with Gasteiger partial charge in [-0.2, -0.15) is 0 Å². The molecule has 3 aliphatic rings. The van der Waals surface area contributed by atoms with Crippen LogP contribution in [-0.2, 0) is 14.4 Å². The van der Waals surface area contributed by atoms with Gasteiger partial charge < -0.3 is 4.90 Å². The SMILES string of the molecule is CC1CC(C)CN(C(=O)CN2C(=O)C3CCCCC3C2=O)C1.